The molecule has 1 fully saturated rings. The topological polar surface area (TPSA) is 29.1 Å². The normalized spacial score (nSPS) is 15.6. The van der Waals surface area contributed by atoms with Crippen LogP contribution in [0.3, 0.4) is 0 Å². The SMILES string of the molecule is Cc1ccc(CC(=O)NC2CCC2)c(Cl)c1. The Kier molecular flexibility index (Phi) is 3.49. The summed E-state index contributed by atoms with van der Waals surface area (Å²) in [5.74, 6) is 0.0791. The van der Waals surface area contributed by atoms with E-state index in [4.69, 9.17) is 11.6 Å². The minimum absolute atomic E-state index is 0.0791. The molecular formula is C13H16ClNO. The van der Waals surface area contributed by atoms with Gasteiger partial charge >= 0.3 is 0 Å². The van der Waals surface area contributed by atoms with Crippen molar-refractivity contribution in [3.8, 4) is 0 Å². The second-order valence-corrected chi connectivity index (χ2v) is 4.87. The van der Waals surface area contributed by atoms with Gasteiger partial charge in [-0.05, 0) is 43.4 Å². The number of hydrogen-bond donors (Lipinski definition) is 1. The van der Waals surface area contributed by atoms with E-state index in [9.17, 15) is 4.79 Å². The molecule has 0 heterocycles. The lowest BCUT2D eigenvalue weighted by molar-refractivity contribution is -0.121. The Morgan fingerprint density at radius 3 is 2.81 bits per heavy atom. The van der Waals surface area contributed by atoms with E-state index >= 15 is 0 Å². The summed E-state index contributed by atoms with van der Waals surface area (Å²) in [6.07, 6.45) is 3.85. The van der Waals surface area contributed by atoms with Gasteiger partial charge in [0, 0.05) is 11.1 Å². The van der Waals surface area contributed by atoms with Gasteiger partial charge in [0.05, 0.1) is 6.42 Å². The lowest BCUT2D eigenvalue weighted by Crippen LogP contribution is -2.40. The highest BCUT2D eigenvalue weighted by Crippen LogP contribution is 2.20. The van der Waals surface area contributed by atoms with Crippen LogP contribution in [-0.2, 0) is 11.2 Å². The molecule has 86 valence electrons. The second kappa shape index (κ2) is 4.88. The zero-order valence-corrected chi connectivity index (χ0v) is 10.2. The van der Waals surface area contributed by atoms with Gasteiger partial charge in [0.2, 0.25) is 5.91 Å². The van der Waals surface area contributed by atoms with Gasteiger partial charge in [0.1, 0.15) is 0 Å². The number of halogens is 1. The maximum absolute atomic E-state index is 11.7. The molecule has 1 aromatic carbocycles. The van der Waals surface area contributed by atoms with Gasteiger partial charge in [-0.15, -0.1) is 0 Å². The Bertz CT molecular complexity index is 399. The third-order valence-corrected chi connectivity index (χ3v) is 3.38. The van der Waals surface area contributed by atoms with Crippen molar-refractivity contribution in [2.24, 2.45) is 0 Å². The van der Waals surface area contributed by atoms with E-state index in [1.54, 1.807) is 0 Å². The summed E-state index contributed by atoms with van der Waals surface area (Å²) in [6, 6.07) is 6.21. The molecule has 0 aromatic heterocycles. The van der Waals surface area contributed by atoms with Gasteiger partial charge in [-0.3, -0.25) is 4.79 Å². The van der Waals surface area contributed by atoms with Crippen molar-refractivity contribution in [3.63, 3.8) is 0 Å². The van der Waals surface area contributed by atoms with Crippen molar-refractivity contribution in [2.75, 3.05) is 0 Å². The first-order valence-corrected chi connectivity index (χ1v) is 6.07. The number of carbonyl (C=O) groups excluding carboxylic acids is 1. The van der Waals surface area contributed by atoms with E-state index in [1.807, 2.05) is 25.1 Å². The van der Waals surface area contributed by atoms with Crippen LogP contribution >= 0.6 is 11.6 Å². The molecule has 1 aromatic rings. The smallest absolute Gasteiger partial charge is 0.224 e. The van der Waals surface area contributed by atoms with Crippen LogP contribution in [0.2, 0.25) is 5.02 Å². The molecule has 2 nitrogen and oxygen atoms in total. The van der Waals surface area contributed by atoms with E-state index in [0.717, 1.165) is 24.0 Å². The average Bonchev–Trinajstić information content (AvgIpc) is 2.16. The Morgan fingerprint density at radius 2 is 2.25 bits per heavy atom. The summed E-state index contributed by atoms with van der Waals surface area (Å²) in [6.45, 7) is 1.99. The Balaban J connectivity index is 1.94. The summed E-state index contributed by atoms with van der Waals surface area (Å²) in [7, 11) is 0. The average molecular weight is 238 g/mol. The number of nitrogens with one attached hydrogen (secondary N) is 1. The zero-order chi connectivity index (χ0) is 11.5. The van der Waals surface area contributed by atoms with E-state index < -0.39 is 0 Å². The second-order valence-electron chi connectivity index (χ2n) is 4.47. The van der Waals surface area contributed by atoms with E-state index in [0.29, 0.717) is 17.5 Å². The van der Waals surface area contributed by atoms with Crippen LogP contribution in [0.5, 0.6) is 0 Å². The fraction of sp³-hybridized carbons (Fsp3) is 0.462. The molecule has 0 unspecified atom stereocenters. The number of benzene rings is 1. The van der Waals surface area contributed by atoms with Crippen LogP contribution < -0.4 is 5.32 Å². The molecule has 1 amide bonds. The van der Waals surface area contributed by atoms with Crippen LogP contribution in [-0.4, -0.2) is 11.9 Å². The van der Waals surface area contributed by atoms with Crippen LogP contribution in [0.25, 0.3) is 0 Å². The summed E-state index contributed by atoms with van der Waals surface area (Å²) in [5, 5.41) is 3.69. The molecule has 0 saturated heterocycles. The number of rotatable bonds is 3. The monoisotopic (exact) mass is 237 g/mol. The Labute approximate surface area is 101 Å². The molecule has 16 heavy (non-hydrogen) atoms. The first-order valence-electron chi connectivity index (χ1n) is 5.69. The number of hydrogen-bond acceptors (Lipinski definition) is 1. The fourth-order valence-electron chi connectivity index (χ4n) is 1.80. The van der Waals surface area contributed by atoms with Crippen molar-refractivity contribution in [1.29, 1.82) is 0 Å². The first kappa shape index (κ1) is 11.5. The van der Waals surface area contributed by atoms with E-state index in [2.05, 4.69) is 5.32 Å². The highest BCUT2D eigenvalue weighted by atomic mass is 35.5. The van der Waals surface area contributed by atoms with E-state index in [1.165, 1.54) is 6.42 Å². The predicted octanol–water partition coefficient (Wildman–Crippen LogP) is 2.86. The minimum atomic E-state index is 0.0791. The fourth-order valence-corrected chi connectivity index (χ4v) is 2.10. The summed E-state index contributed by atoms with van der Waals surface area (Å²) >= 11 is 6.08. The largest absolute Gasteiger partial charge is 0.353 e. The minimum Gasteiger partial charge on any atom is -0.353 e. The maximum atomic E-state index is 11.7. The summed E-state index contributed by atoms with van der Waals surface area (Å²) < 4.78 is 0. The van der Waals surface area contributed by atoms with E-state index in [-0.39, 0.29) is 5.91 Å². The Hall–Kier alpha value is -1.02. The number of carbonyl (C=O) groups is 1. The molecule has 2 rings (SSSR count). The van der Waals surface area contributed by atoms with Crippen LogP contribution in [0.4, 0.5) is 0 Å². The molecule has 0 bridgehead atoms. The standard InChI is InChI=1S/C13H16ClNO/c1-9-5-6-10(12(14)7-9)8-13(16)15-11-3-2-4-11/h5-7,11H,2-4,8H2,1H3,(H,15,16). The highest BCUT2D eigenvalue weighted by molar-refractivity contribution is 6.31. The van der Waals surface area contributed by atoms with Crippen molar-refractivity contribution >= 4 is 17.5 Å². The summed E-state index contributed by atoms with van der Waals surface area (Å²) in [4.78, 5) is 11.7. The van der Waals surface area contributed by atoms with Gasteiger partial charge in [-0.1, -0.05) is 23.7 Å². The highest BCUT2D eigenvalue weighted by Gasteiger charge is 2.19. The molecule has 1 N–H and O–H groups in total. The lowest BCUT2D eigenvalue weighted by atomic mass is 9.93. The van der Waals surface area contributed by atoms with Gasteiger partial charge in [-0.2, -0.15) is 0 Å². The Morgan fingerprint density at radius 1 is 1.50 bits per heavy atom. The molecule has 1 aliphatic rings. The van der Waals surface area contributed by atoms with Crippen LogP contribution in [0, 0.1) is 6.92 Å². The van der Waals surface area contributed by atoms with Crippen molar-refractivity contribution < 1.29 is 4.79 Å². The van der Waals surface area contributed by atoms with Crippen molar-refractivity contribution in [3.05, 3.63) is 34.3 Å². The zero-order valence-electron chi connectivity index (χ0n) is 9.42. The molecule has 0 radical (unpaired) electrons. The number of aryl methyl sites for hydroxylation is 1. The molecule has 0 spiro atoms. The van der Waals surface area contributed by atoms with Crippen molar-refractivity contribution in [1.82, 2.24) is 5.32 Å². The van der Waals surface area contributed by atoms with Crippen LogP contribution in [0.1, 0.15) is 30.4 Å². The van der Waals surface area contributed by atoms with Gasteiger partial charge in [0.15, 0.2) is 0 Å². The predicted molar refractivity (Wildman–Crippen MR) is 65.7 cm³/mol. The third kappa shape index (κ3) is 2.76. The quantitative estimate of drug-likeness (QED) is 0.861. The van der Waals surface area contributed by atoms with Gasteiger partial charge < -0.3 is 5.32 Å². The molecule has 3 heteroatoms. The number of amides is 1. The first-order chi connectivity index (χ1) is 7.65. The molecular weight excluding hydrogens is 222 g/mol. The molecule has 0 aliphatic heterocycles. The lowest BCUT2D eigenvalue weighted by Gasteiger charge is -2.26. The molecule has 1 saturated carbocycles. The van der Waals surface area contributed by atoms with Gasteiger partial charge in [-0.25, -0.2) is 0 Å². The molecule has 1 aliphatic carbocycles. The van der Waals surface area contributed by atoms with Crippen molar-refractivity contribution in [2.45, 2.75) is 38.6 Å². The summed E-state index contributed by atoms with van der Waals surface area (Å²) in [5.41, 5.74) is 2.03. The van der Waals surface area contributed by atoms with Crippen LogP contribution in [0.15, 0.2) is 18.2 Å². The third-order valence-electron chi connectivity index (χ3n) is 3.03. The van der Waals surface area contributed by atoms with Gasteiger partial charge in [0.25, 0.3) is 0 Å². The molecule has 0 atom stereocenters. The maximum Gasteiger partial charge on any atom is 0.224 e.